The molecule has 0 radical (unpaired) electrons. The Balaban J connectivity index is 0.00000312. The molecule has 1 fully saturated rings. The van der Waals surface area contributed by atoms with Gasteiger partial charge in [-0.3, -0.25) is 4.79 Å². The van der Waals surface area contributed by atoms with Crippen LogP contribution in [0.4, 0.5) is 10.5 Å². The molecule has 1 aromatic rings. The molecule has 3 amide bonds. The molecule has 0 saturated carbocycles. The summed E-state index contributed by atoms with van der Waals surface area (Å²) >= 11 is 0. The van der Waals surface area contributed by atoms with Crippen LogP contribution in [0.15, 0.2) is 24.3 Å². The first-order valence-electron chi connectivity index (χ1n) is 8.16. The summed E-state index contributed by atoms with van der Waals surface area (Å²) < 4.78 is 5.15. The summed E-state index contributed by atoms with van der Waals surface area (Å²) in [4.78, 5) is 28.0. The molecule has 0 aliphatic carbocycles. The lowest BCUT2D eigenvalue weighted by Gasteiger charge is -2.35. The van der Waals surface area contributed by atoms with E-state index < -0.39 is 0 Å². The van der Waals surface area contributed by atoms with Gasteiger partial charge in [-0.05, 0) is 24.6 Å². The highest BCUT2D eigenvalue weighted by Crippen LogP contribution is 2.12. The molecule has 1 saturated heterocycles. The maximum absolute atomic E-state index is 12.3. The lowest BCUT2D eigenvalue weighted by atomic mass is 10.2. The minimum Gasteiger partial charge on any atom is -0.380 e. The zero-order valence-electron chi connectivity index (χ0n) is 14.7. The van der Waals surface area contributed by atoms with Gasteiger partial charge in [-0.15, -0.1) is 12.4 Å². The van der Waals surface area contributed by atoms with Crippen LogP contribution in [-0.4, -0.2) is 67.7 Å². The number of ether oxygens (including phenoxy) is 1. The number of nitrogens with two attached hydrogens (primary N) is 1. The van der Waals surface area contributed by atoms with Gasteiger partial charge in [-0.1, -0.05) is 12.1 Å². The van der Waals surface area contributed by atoms with Gasteiger partial charge < -0.3 is 25.6 Å². The number of nitrogens with one attached hydrogen (secondary N) is 1. The molecule has 25 heavy (non-hydrogen) atoms. The number of carbonyl (C=O) groups excluding carboxylic acids is 2. The molecule has 1 aliphatic heterocycles. The van der Waals surface area contributed by atoms with E-state index in [0.717, 1.165) is 11.3 Å². The number of benzene rings is 1. The minimum absolute atomic E-state index is 0. The fourth-order valence-corrected chi connectivity index (χ4v) is 2.67. The van der Waals surface area contributed by atoms with E-state index >= 15 is 0 Å². The number of rotatable bonds is 5. The van der Waals surface area contributed by atoms with E-state index in [2.05, 4.69) is 5.32 Å². The Labute approximate surface area is 154 Å². The highest BCUT2D eigenvalue weighted by atomic mass is 35.5. The first kappa shape index (κ1) is 21.2. The molecule has 2 rings (SSSR count). The van der Waals surface area contributed by atoms with Crippen molar-refractivity contribution in [3.8, 4) is 0 Å². The fourth-order valence-electron chi connectivity index (χ4n) is 2.67. The molecular weight excluding hydrogens is 344 g/mol. The SMILES string of the molecule is COC(CN)CC(=O)N1CCN(C(=O)Nc2cccc(C)c2)CC1.Cl. The fraction of sp³-hybridized carbons (Fsp3) is 0.529. The van der Waals surface area contributed by atoms with Crippen molar-refractivity contribution in [2.75, 3.05) is 45.2 Å². The van der Waals surface area contributed by atoms with Crippen molar-refractivity contribution in [1.29, 1.82) is 0 Å². The van der Waals surface area contributed by atoms with Gasteiger partial charge in [0.25, 0.3) is 0 Å². The van der Waals surface area contributed by atoms with Crippen molar-refractivity contribution >= 4 is 30.0 Å². The monoisotopic (exact) mass is 370 g/mol. The Bertz CT molecular complexity index is 573. The van der Waals surface area contributed by atoms with Gasteiger partial charge in [-0.2, -0.15) is 0 Å². The first-order chi connectivity index (χ1) is 11.5. The van der Waals surface area contributed by atoms with Gasteiger partial charge in [0.05, 0.1) is 12.5 Å². The van der Waals surface area contributed by atoms with E-state index in [9.17, 15) is 9.59 Å². The van der Waals surface area contributed by atoms with Crippen molar-refractivity contribution in [3.63, 3.8) is 0 Å². The normalized spacial score (nSPS) is 15.3. The number of hydrogen-bond acceptors (Lipinski definition) is 4. The van der Waals surface area contributed by atoms with Crippen LogP contribution >= 0.6 is 12.4 Å². The van der Waals surface area contributed by atoms with Gasteiger partial charge in [0.15, 0.2) is 0 Å². The van der Waals surface area contributed by atoms with Crippen molar-refractivity contribution in [1.82, 2.24) is 9.80 Å². The Morgan fingerprint density at radius 3 is 2.44 bits per heavy atom. The molecular formula is C17H27ClN4O3. The van der Waals surface area contributed by atoms with Crippen molar-refractivity contribution in [2.45, 2.75) is 19.4 Å². The molecule has 1 unspecified atom stereocenters. The maximum atomic E-state index is 12.3. The van der Waals surface area contributed by atoms with Crippen LogP contribution in [-0.2, 0) is 9.53 Å². The third-order valence-electron chi connectivity index (χ3n) is 4.19. The Hall–Kier alpha value is -1.83. The third kappa shape index (κ3) is 6.19. The third-order valence-corrected chi connectivity index (χ3v) is 4.19. The summed E-state index contributed by atoms with van der Waals surface area (Å²) in [6.45, 7) is 4.39. The Morgan fingerprint density at radius 1 is 1.24 bits per heavy atom. The average Bonchev–Trinajstić information content (AvgIpc) is 2.59. The van der Waals surface area contributed by atoms with E-state index in [-0.39, 0.29) is 36.9 Å². The van der Waals surface area contributed by atoms with Crippen LogP contribution in [0.5, 0.6) is 0 Å². The van der Waals surface area contributed by atoms with Crippen LogP contribution in [0.25, 0.3) is 0 Å². The molecule has 0 aromatic heterocycles. The van der Waals surface area contributed by atoms with Crippen LogP contribution in [0.2, 0.25) is 0 Å². The Morgan fingerprint density at radius 2 is 1.88 bits per heavy atom. The van der Waals surface area contributed by atoms with Gasteiger partial charge in [0.2, 0.25) is 5.91 Å². The quantitative estimate of drug-likeness (QED) is 0.821. The molecule has 1 atom stereocenters. The smallest absolute Gasteiger partial charge is 0.321 e. The maximum Gasteiger partial charge on any atom is 0.321 e. The van der Waals surface area contributed by atoms with E-state index in [1.54, 1.807) is 16.9 Å². The zero-order chi connectivity index (χ0) is 17.5. The summed E-state index contributed by atoms with van der Waals surface area (Å²) in [6, 6.07) is 7.54. The molecule has 1 aromatic carbocycles. The van der Waals surface area contributed by atoms with Gasteiger partial charge in [0.1, 0.15) is 0 Å². The van der Waals surface area contributed by atoms with Crippen molar-refractivity contribution in [3.05, 3.63) is 29.8 Å². The number of aryl methyl sites for hydroxylation is 1. The number of halogens is 1. The Kier molecular flexibility index (Phi) is 8.68. The molecule has 7 nitrogen and oxygen atoms in total. The van der Waals surface area contributed by atoms with Gasteiger partial charge >= 0.3 is 6.03 Å². The van der Waals surface area contributed by atoms with Crippen LogP contribution in [0.3, 0.4) is 0 Å². The number of anilines is 1. The topological polar surface area (TPSA) is 87.9 Å². The standard InChI is InChI=1S/C17H26N4O3.ClH/c1-13-4-3-5-14(10-13)19-17(23)21-8-6-20(7-9-21)16(22)11-15(12-18)24-2;/h3-5,10,15H,6-9,11-12,18H2,1-2H3,(H,19,23);1H. The van der Waals surface area contributed by atoms with Gasteiger partial charge in [-0.25, -0.2) is 4.79 Å². The number of methoxy groups -OCH3 is 1. The predicted molar refractivity (Wildman–Crippen MR) is 100 cm³/mol. The average molecular weight is 371 g/mol. The molecule has 140 valence electrons. The summed E-state index contributed by atoms with van der Waals surface area (Å²) in [5, 5.41) is 2.89. The largest absolute Gasteiger partial charge is 0.380 e. The molecule has 0 bridgehead atoms. The molecule has 8 heteroatoms. The molecule has 0 spiro atoms. The number of amides is 3. The van der Waals surface area contributed by atoms with Crippen molar-refractivity contribution in [2.24, 2.45) is 5.73 Å². The highest BCUT2D eigenvalue weighted by molar-refractivity contribution is 5.89. The van der Waals surface area contributed by atoms with E-state index in [1.165, 1.54) is 0 Å². The second kappa shape index (κ2) is 10.2. The van der Waals surface area contributed by atoms with Crippen LogP contribution < -0.4 is 11.1 Å². The molecule has 3 N–H and O–H groups in total. The predicted octanol–water partition coefficient (Wildman–Crippen LogP) is 1.46. The molecule has 1 aliphatic rings. The lowest BCUT2D eigenvalue weighted by Crippen LogP contribution is -2.52. The number of nitrogens with zero attached hydrogens (tertiary/aromatic N) is 2. The number of piperazine rings is 1. The number of carbonyl (C=O) groups is 2. The van der Waals surface area contributed by atoms with Crippen LogP contribution in [0, 0.1) is 6.92 Å². The van der Waals surface area contributed by atoms with Crippen LogP contribution in [0.1, 0.15) is 12.0 Å². The van der Waals surface area contributed by atoms with E-state index in [4.69, 9.17) is 10.5 Å². The second-order valence-electron chi connectivity index (χ2n) is 5.97. The summed E-state index contributed by atoms with van der Waals surface area (Å²) in [6.07, 6.45) is 0.0304. The first-order valence-corrected chi connectivity index (χ1v) is 8.16. The number of urea groups is 1. The highest BCUT2D eigenvalue weighted by Gasteiger charge is 2.25. The van der Waals surface area contributed by atoms with Crippen molar-refractivity contribution < 1.29 is 14.3 Å². The summed E-state index contributed by atoms with van der Waals surface area (Å²) in [7, 11) is 1.55. The zero-order valence-corrected chi connectivity index (χ0v) is 15.6. The summed E-state index contributed by atoms with van der Waals surface area (Å²) in [5.74, 6) is 0.0195. The van der Waals surface area contributed by atoms with E-state index in [0.29, 0.717) is 32.7 Å². The lowest BCUT2D eigenvalue weighted by molar-refractivity contribution is -0.135. The van der Waals surface area contributed by atoms with E-state index in [1.807, 2.05) is 31.2 Å². The minimum atomic E-state index is -0.250. The second-order valence-corrected chi connectivity index (χ2v) is 5.97. The van der Waals surface area contributed by atoms with Gasteiger partial charge in [0, 0.05) is 45.5 Å². The molecule has 1 heterocycles. The summed E-state index contributed by atoms with van der Waals surface area (Å²) in [5.41, 5.74) is 7.43. The number of hydrogen-bond donors (Lipinski definition) is 2.